The maximum Gasteiger partial charge on any atom is 0.336 e. The van der Waals surface area contributed by atoms with E-state index < -0.39 is 5.97 Å². The van der Waals surface area contributed by atoms with Gasteiger partial charge in [0.2, 0.25) is 0 Å². The molecule has 1 aromatic heterocycles. The average molecular weight is 371 g/mol. The average Bonchev–Trinajstić information content (AvgIpc) is 2.70. The van der Waals surface area contributed by atoms with Crippen LogP contribution in [-0.4, -0.2) is 16.1 Å². The van der Waals surface area contributed by atoms with Crippen LogP contribution in [0.3, 0.4) is 0 Å². The summed E-state index contributed by atoms with van der Waals surface area (Å²) in [5.41, 5.74) is 2.41. The van der Waals surface area contributed by atoms with Gasteiger partial charge in [-0.3, -0.25) is 0 Å². The van der Waals surface area contributed by atoms with Gasteiger partial charge in [0, 0.05) is 10.9 Å². The molecule has 0 aliphatic carbocycles. The first-order valence-corrected chi connectivity index (χ1v) is 9.23. The third-order valence-corrected chi connectivity index (χ3v) is 5.57. The van der Waals surface area contributed by atoms with Crippen LogP contribution in [0.4, 0.5) is 0 Å². The molecule has 130 valence electrons. The SMILES string of the molecule is O=C(O)c1cc(-c2ccc3c(c2)Sc2ccccc2O3)nc2ccccc12. The van der Waals surface area contributed by atoms with E-state index in [0.29, 0.717) is 16.6 Å². The van der Waals surface area contributed by atoms with Crippen molar-refractivity contribution >= 4 is 28.6 Å². The number of ether oxygens (including phenoxy) is 1. The van der Waals surface area contributed by atoms with Crippen LogP contribution < -0.4 is 4.74 Å². The Bertz CT molecular complexity index is 1220. The van der Waals surface area contributed by atoms with Crippen molar-refractivity contribution in [1.82, 2.24) is 4.98 Å². The van der Waals surface area contributed by atoms with E-state index in [1.165, 1.54) is 0 Å². The van der Waals surface area contributed by atoms with Crippen molar-refractivity contribution in [1.29, 1.82) is 0 Å². The highest BCUT2D eigenvalue weighted by Gasteiger charge is 2.19. The monoisotopic (exact) mass is 371 g/mol. The zero-order valence-corrected chi connectivity index (χ0v) is 14.9. The Morgan fingerprint density at radius 1 is 0.889 bits per heavy atom. The molecule has 2 heterocycles. The van der Waals surface area contributed by atoms with Crippen LogP contribution >= 0.6 is 11.8 Å². The van der Waals surface area contributed by atoms with Crippen LogP contribution in [0.5, 0.6) is 11.5 Å². The van der Waals surface area contributed by atoms with Crippen LogP contribution in [0.1, 0.15) is 10.4 Å². The minimum absolute atomic E-state index is 0.252. The first-order chi connectivity index (χ1) is 13.2. The number of benzene rings is 3. The fraction of sp³-hybridized carbons (Fsp3) is 0. The van der Waals surface area contributed by atoms with E-state index in [4.69, 9.17) is 4.74 Å². The Morgan fingerprint density at radius 3 is 2.56 bits per heavy atom. The summed E-state index contributed by atoms with van der Waals surface area (Å²) in [5, 5.41) is 10.2. The maximum atomic E-state index is 11.7. The van der Waals surface area contributed by atoms with Crippen molar-refractivity contribution in [3.63, 3.8) is 0 Å². The molecule has 27 heavy (non-hydrogen) atoms. The number of hydrogen-bond donors (Lipinski definition) is 1. The zero-order valence-electron chi connectivity index (χ0n) is 14.0. The van der Waals surface area contributed by atoms with Gasteiger partial charge in [-0.05, 0) is 42.5 Å². The highest BCUT2D eigenvalue weighted by Crippen LogP contribution is 2.47. The predicted octanol–water partition coefficient (Wildman–Crippen LogP) is 5.86. The fourth-order valence-electron chi connectivity index (χ4n) is 3.19. The summed E-state index contributed by atoms with van der Waals surface area (Å²) in [6.07, 6.45) is 0. The molecule has 3 aromatic carbocycles. The molecule has 0 unspecified atom stereocenters. The summed E-state index contributed by atoms with van der Waals surface area (Å²) < 4.78 is 5.97. The van der Waals surface area contributed by atoms with Crippen molar-refractivity contribution in [3.05, 3.63) is 78.4 Å². The van der Waals surface area contributed by atoms with Crippen molar-refractivity contribution < 1.29 is 14.6 Å². The van der Waals surface area contributed by atoms with Gasteiger partial charge in [-0.2, -0.15) is 0 Å². The normalized spacial score (nSPS) is 12.1. The summed E-state index contributed by atoms with van der Waals surface area (Å²) in [6.45, 7) is 0. The number of nitrogens with zero attached hydrogens (tertiary/aromatic N) is 1. The third kappa shape index (κ3) is 2.73. The minimum Gasteiger partial charge on any atom is -0.478 e. The molecule has 0 saturated heterocycles. The second kappa shape index (κ2) is 6.14. The van der Waals surface area contributed by atoms with Gasteiger partial charge in [-0.1, -0.05) is 42.1 Å². The molecule has 0 saturated carbocycles. The molecule has 0 amide bonds. The Hall–Kier alpha value is -3.31. The summed E-state index contributed by atoms with van der Waals surface area (Å²) in [5.74, 6) is 0.681. The van der Waals surface area contributed by atoms with E-state index in [9.17, 15) is 9.90 Å². The molecule has 1 aliphatic rings. The second-order valence-corrected chi connectivity index (χ2v) is 7.27. The predicted molar refractivity (Wildman–Crippen MR) is 105 cm³/mol. The molecule has 1 N–H and O–H groups in total. The summed E-state index contributed by atoms with van der Waals surface area (Å²) in [7, 11) is 0. The van der Waals surface area contributed by atoms with Crippen LogP contribution in [0.25, 0.3) is 22.2 Å². The molecule has 0 bridgehead atoms. The van der Waals surface area contributed by atoms with E-state index in [0.717, 1.165) is 26.9 Å². The fourth-order valence-corrected chi connectivity index (χ4v) is 4.18. The first kappa shape index (κ1) is 15.9. The molecule has 4 nitrogen and oxygen atoms in total. The Kier molecular flexibility index (Phi) is 3.62. The lowest BCUT2D eigenvalue weighted by Gasteiger charge is -2.20. The number of carboxylic acids is 1. The molecule has 0 spiro atoms. The highest BCUT2D eigenvalue weighted by atomic mass is 32.2. The lowest BCUT2D eigenvalue weighted by atomic mass is 10.0. The molecule has 0 atom stereocenters. The Balaban J connectivity index is 1.63. The maximum absolute atomic E-state index is 11.7. The number of carbonyl (C=O) groups is 1. The van der Waals surface area contributed by atoms with E-state index in [1.807, 2.05) is 60.7 Å². The van der Waals surface area contributed by atoms with Gasteiger partial charge in [0.25, 0.3) is 0 Å². The molecule has 0 fully saturated rings. The molecule has 5 heteroatoms. The van der Waals surface area contributed by atoms with Gasteiger partial charge < -0.3 is 9.84 Å². The van der Waals surface area contributed by atoms with Crippen LogP contribution in [0.15, 0.2) is 82.6 Å². The van der Waals surface area contributed by atoms with Crippen LogP contribution in [0, 0.1) is 0 Å². The Morgan fingerprint density at radius 2 is 1.67 bits per heavy atom. The van der Waals surface area contributed by atoms with E-state index >= 15 is 0 Å². The number of pyridine rings is 1. The number of aromatic nitrogens is 1. The number of hydrogen-bond acceptors (Lipinski definition) is 4. The molecule has 4 aromatic rings. The highest BCUT2D eigenvalue weighted by molar-refractivity contribution is 7.99. The number of para-hydroxylation sites is 2. The van der Waals surface area contributed by atoms with E-state index in [1.54, 1.807) is 23.9 Å². The minimum atomic E-state index is -0.959. The van der Waals surface area contributed by atoms with E-state index in [2.05, 4.69) is 4.98 Å². The number of rotatable bonds is 2. The third-order valence-electron chi connectivity index (χ3n) is 4.48. The van der Waals surface area contributed by atoms with Crippen molar-refractivity contribution in [2.75, 3.05) is 0 Å². The largest absolute Gasteiger partial charge is 0.478 e. The van der Waals surface area contributed by atoms with Crippen LogP contribution in [-0.2, 0) is 0 Å². The Labute approximate surface area is 159 Å². The smallest absolute Gasteiger partial charge is 0.336 e. The first-order valence-electron chi connectivity index (χ1n) is 8.41. The van der Waals surface area contributed by atoms with Crippen molar-refractivity contribution in [2.45, 2.75) is 9.79 Å². The van der Waals surface area contributed by atoms with Gasteiger partial charge in [0.1, 0.15) is 11.5 Å². The standard InChI is InChI=1S/C22H13NO3S/c24-22(25)15-12-17(23-16-6-2-1-5-14(15)16)13-9-10-19-21(11-13)27-20-8-4-3-7-18(20)26-19/h1-12H,(H,24,25). The van der Waals surface area contributed by atoms with Crippen LogP contribution in [0.2, 0.25) is 0 Å². The summed E-state index contributed by atoms with van der Waals surface area (Å²) in [4.78, 5) is 18.4. The van der Waals surface area contributed by atoms with Crippen molar-refractivity contribution in [2.24, 2.45) is 0 Å². The molecule has 1 aliphatic heterocycles. The van der Waals surface area contributed by atoms with Gasteiger partial charge in [-0.25, -0.2) is 9.78 Å². The number of carboxylic acid groups (broad SMARTS) is 1. The molecule has 5 rings (SSSR count). The quantitative estimate of drug-likeness (QED) is 0.421. The molecular formula is C22H13NO3S. The zero-order chi connectivity index (χ0) is 18.4. The number of fused-ring (bicyclic) bond motifs is 3. The molecular weight excluding hydrogens is 358 g/mol. The lowest BCUT2D eigenvalue weighted by Crippen LogP contribution is -2.00. The summed E-state index contributed by atoms with van der Waals surface area (Å²) in [6, 6.07) is 22.6. The topological polar surface area (TPSA) is 59.4 Å². The lowest BCUT2D eigenvalue weighted by molar-refractivity contribution is 0.0699. The van der Waals surface area contributed by atoms with Gasteiger partial charge in [-0.15, -0.1) is 0 Å². The molecule has 0 radical (unpaired) electrons. The van der Waals surface area contributed by atoms with Gasteiger partial charge in [0.05, 0.1) is 26.6 Å². The van der Waals surface area contributed by atoms with Crippen molar-refractivity contribution in [3.8, 4) is 22.8 Å². The van der Waals surface area contributed by atoms with Gasteiger partial charge >= 0.3 is 5.97 Å². The second-order valence-electron chi connectivity index (χ2n) is 6.19. The number of aromatic carboxylic acids is 1. The summed E-state index contributed by atoms with van der Waals surface area (Å²) >= 11 is 1.64. The van der Waals surface area contributed by atoms with Gasteiger partial charge in [0.15, 0.2) is 0 Å². The van der Waals surface area contributed by atoms with E-state index in [-0.39, 0.29) is 5.56 Å².